The second kappa shape index (κ2) is 7.35. The zero-order chi connectivity index (χ0) is 17.9. The highest BCUT2D eigenvalue weighted by Gasteiger charge is 2.35. The van der Waals surface area contributed by atoms with E-state index >= 15 is 0 Å². The van der Waals surface area contributed by atoms with Gasteiger partial charge in [0.15, 0.2) is 0 Å². The predicted octanol–water partition coefficient (Wildman–Crippen LogP) is 3.53. The van der Waals surface area contributed by atoms with Gasteiger partial charge in [0.25, 0.3) is 0 Å². The summed E-state index contributed by atoms with van der Waals surface area (Å²) in [6.07, 6.45) is 6.34. The number of rotatable bonds is 4. The molecule has 1 saturated heterocycles. The van der Waals surface area contributed by atoms with E-state index in [1.54, 1.807) is 7.11 Å². The summed E-state index contributed by atoms with van der Waals surface area (Å²) in [5.41, 5.74) is 0.862. The number of methoxy groups -OCH3 is 1. The summed E-state index contributed by atoms with van der Waals surface area (Å²) in [6, 6.07) is 7.67. The van der Waals surface area contributed by atoms with Gasteiger partial charge >= 0.3 is 6.03 Å². The number of carbonyl (C=O) groups excluding carboxylic acids is 1. The second-order valence-corrected chi connectivity index (χ2v) is 6.97. The van der Waals surface area contributed by atoms with Crippen molar-refractivity contribution in [3.05, 3.63) is 30.2 Å². The lowest BCUT2D eigenvalue weighted by atomic mass is 10.2. The number of amides is 2. The molecule has 4 rings (SSSR count). The summed E-state index contributed by atoms with van der Waals surface area (Å²) in [5, 5.41) is 7.25. The van der Waals surface area contributed by atoms with Gasteiger partial charge in [-0.1, -0.05) is 18.0 Å². The van der Waals surface area contributed by atoms with Crippen LogP contribution >= 0.6 is 0 Å². The summed E-state index contributed by atoms with van der Waals surface area (Å²) in [4.78, 5) is 19.0. The van der Waals surface area contributed by atoms with Crippen LogP contribution in [0.4, 0.5) is 4.79 Å². The minimum absolute atomic E-state index is 0.0106. The lowest BCUT2D eigenvalue weighted by Crippen LogP contribution is -2.43. The lowest BCUT2D eigenvalue weighted by Gasteiger charge is -2.24. The van der Waals surface area contributed by atoms with Crippen molar-refractivity contribution in [2.45, 2.75) is 50.6 Å². The maximum absolute atomic E-state index is 12.6. The molecule has 1 aromatic carbocycles. The Morgan fingerprint density at radius 1 is 1.19 bits per heavy atom. The van der Waals surface area contributed by atoms with Gasteiger partial charge in [0.2, 0.25) is 11.7 Å². The third kappa shape index (κ3) is 3.38. The lowest BCUT2D eigenvalue weighted by molar-refractivity contribution is 0.177. The molecular weight excluding hydrogens is 332 g/mol. The SMILES string of the molecule is COc1ccc(-c2noc([C@@H]3CCCN3C(=O)NC3CCCC3)n2)cc1. The molecule has 7 nitrogen and oxygen atoms in total. The van der Waals surface area contributed by atoms with Crippen molar-refractivity contribution in [3.8, 4) is 17.1 Å². The Labute approximate surface area is 152 Å². The fraction of sp³-hybridized carbons (Fsp3) is 0.526. The van der Waals surface area contributed by atoms with Crippen molar-refractivity contribution in [1.29, 1.82) is 0 Å². The van der Waals surface area contributed by atoms with Crippen LogP contribution in [0, 0.1) is 0 Å². The van der Waals surface area contributed by atoms with Gasteiger partial charge in [0, 0.05) is 18.2 Å². The van der Waals surface area contributed by atoms with Gasteiger partial charge < -0.3 is 19.5 Å². The second-order valence-electron chi connectivity index (χ2n) is 6.97. The van der Waals surface area contributed by atoms with Gasteiger partial charge in [-0.2, -0.15) is 4.98 Å². The molecule has 2 heterocycles. The minimum atomic E-state index is -0.143. The molecule has 7 heteroatoms. The van der Waals surface area contributed by atoms with E-state index < -0.39 is 0 Å². The highest BCUT2D eigenvalue weighted by Crippen LogP contribution is 2.32. The maximum Gasteiger partial charge on any atom is 0.318 e. The first-order valence-electron chi connectivity index (χ1n) is 9.30. The average molecular weight is 356 g/mol. The van der Waals surface area contributed by atoms with Crippen LogP contribution in [-0.2, 0) is 0 Å². The van der Waals surface area contributed by atoms with Crippen molar-refractivity contribution < 1.29 is 14.1 Å². The van der Waals surface area contributed by atoms with Crippen LogP contribution in [-0.4, -0.2) is 40.8 Å². The summed E-state index contributed by atoms with van der Waals surface area (Å²) in [5.74, 6) is 1.82. The van der Waals surface area contributed by atoms with Gasteiger partial charge in [0.05, 0.1) is 7.11 Å². The first-order chi connectivity index (χ1) is 12.7. The standard InChI is InChI=1S/C19H24N4O3/c1-25-15-10-8-13(9-11-15)17-21-18(26-22-17)16-7-4-12-23(16)19(24)20-14-5-2-3-6-14/h8-11,14,16H,2-7,12H2,1H3,(H,20,24)/t16-/m0/s1. The van der Waals surface area contributed by atoms with Crippen LogP contribution in [0.15, 0.2) is 28.8 Å². The van der Waals surface area contributed by atoms with Gasteiger partial charge in [-0.25, -0.2) is 4.79 Å². The fourth-order valence-electron chi connectivity index (χ4n) is 3.82. The van der Waals surface area contributed by atoms with Crippen molar-refractivity contribution in [3.63, 3.8) is 0 Å². The molecule has 138 valence electrons. The van der Waals surface area contributed by atoms with Crippen molar-refractivity contribution in [1.82, 2.24) is 20.4 Å². The minimum Gasteiger partial charge on any atom is -0.497 e. The Morgan fingerprint density at radius 2 is 1.96 bits per heavy atom. The number of carbonyl (C=O) groups is 1. The molecule has 1 N–H and O–H groups in total. The van der Waals surface area contributed by atoms with E-state index in [1.807, 2.05) is 29.2 Å². The van der Waals surface area contributed by atoms with Crippen molar-refractivity contribution in [2.75, 3.05) is 13.7 Å². The zero-order valence-electron chi connectivity index (χ0n) is 15.0. The Hall–Kier alpha value is -2.57. The molecule has 0 bridgehead atoms. The van der Waals surface area contributed by atoms with Crippen molar-refractivity contribution >= 4 is 6.03 Å². The molecule has 26 heavy (non-hydrogen) atoms. The predicted molar refractivity (Wildman–Crippen MR) is 95.8 cm³/mol. The van der Waals surface area contributed by atoms with E-state index in [4.69, 9.17) is 9.26 Å². The first kappa shape index (κ1) is 16.9. The summed E-state index contributed by atoms with van der Waals surface area (Å²) < 4.78 is 10.7. The van der Waals surface area contributed by atoms with Gasteiger partial charge in [0.1, 0.15) is 11.8 Å². The van der Waals surface area contributed by atoms with Gasteiger partial charge in [-0.3, -0.25) is 0 Å². The quantitative estimate of drug-likeness (QED) is 0.906. The van der Waals surface area contributed by atoms with E-state index in [0.29, 0.717) is 17.8 Å². The van der Waals surface area contributed by atoms with E-state index in [9.17, 15) is 4.79 Å². The molecule has 2 aliphatic rings. The Balaban J connectivity index is 1.47. The van der Waals surface area contributed by atoms with Gasteiger partial charge in [-0.05, 0) is 49.9 Å². The smallest absolute Gasteiger partial charge is 0.318 e. The number of likely N-dealkylation sites (tertiary alicyclic amines) is 1. The molecule has 0 unspecified atom stereocenters. The third-order valence-corrected chi connectivity index (χ3v) is 5.27. The average Bonchev–Trinajstić information content (AvgIpc) is 3.41. The van der Waals surface area contributed by atoms with Crippen LogP contribution in [0.3, 0.4) is 0 Å². The highest BCUT2D eigenvalue weighted by molar-refractivity contribution is 5.75. The molecule has 1 aromatic heterocycles. The van der Waals surface area contributed by atoms with Crippen LogP contribution in [0.2, 0.25) is 0 Å². The molecule has 1 saturated carbocycles. The van der Waals surface area contributed by atoms with Crippen LogP contribution in [0.5, 0.6) is 5.75 Å². The topological polar surface area (TPSA) is 80.5 Å². The van der Waals surface area contributed by atoms with E-state index in [-0.39, 0.29) is 12.1 Å². The monoisotopic (exact) mass is 356 g/mol. The molecular formula is C19H24N4O3. The van der Waals surface area contributed by atoms with Crippen LogP contribution in [0.25, 0.3) is 11.4 Å². The van der Waals surface area contributed by atoms with Crippen molar-refractivity contribution in [2.24, 2.45) is 0 Å². The largest absolute Gasteiger partial charge is 0.497 e. The molecule has 2 amide bonds. The number of benzene rings is 1. The molecule has 1 aliphatic carbocycles. The number of ether oxygens (including phenoxy) is 1. The summed E-state index contributed by atoms with van der Waals surface area (Å²) in [6.45, 7) is 0.726. The molecule has 1 aliphatic heterocycles. The molecule has 2 aromatic rings. The number of hydrogen-bond donors (Lipinski definition) is 1. The molecule has 0 spiro atoms. The number of nitrogens with zero attached hydrogens (tertiary/aromatic N) is 3. The fourth-order valence-corrected chi connectivity index (χ4v) is 3.82. The number of urea groups is 1. The van der Waals surface area contributed by atoms with Crippen LogP contribution in [0.1, 0.15) is 50.5 Å². The maximum atomic E-state index is 12.6. The van der Waals surface area contributed by atoms with E-state index in [1.165, 1.54) is 12.8 Å². The normalized spacial score (nSPS) is 20.5. The Morgan fingerprint density at radius 3 is 2.69 bits per heavy atom. The van der Waals surface area contributed by atoms with Crippen LogP contribution < -0.4 is 10.1 Å². The third-order valence-electron chi connectivity index (χ3n) is 5.27. The van der Waals surface area contributed by atoms with Gasteiger partial charge in [-0.15, -0.1) is 0 Å². The number of nitrogens with one attached hydrogen (secondary N) is 1. The Bertz CT molecular complexity index is 752. The summed E-state index contributed by atoms with van der Waals surface area (Å²) >= 11 is 0. The summed E-state index contributed by atoms with van der Waals surface area (Å²) in [7, 11) is 1.63. The molecule has 1 atom stereocenters. The highest BCUT2D eigenvalue weighted by atomic mass is 16.5. The molecule has 0 radical (unpaired) electrons. The van der Waals surface area contributed by atoms with E-state index in [2.05, 4.69) is 15.5 Å². The Kier molecular flexibility index (Phi) is 4.77. The zero-order valence-corrected chi connectivity index (χ0v) is 15.0. The molecule has 2 fully saturated rings. The number of hydrogen-bond acceptors (Lipinski definition) is 5. The number of aromatic nitrogens is 2. The first-order valence-corrected chi connectivity index (χ1v) is 9.30. The van der Waals surface area contributed by atoms with E-state index in [0.717, 1.165) is 43.5 Å².